The van der Waals surface area contributed by atoms with Crippen LogP contribution in [0, 0.1) is 13.8 Å². The quantitative estimate of drug-likeness (QED) is 0.610. The minimum atomic E-state index is -3.88. The van der Waals surface area contributed by atoms with Gasteiger partial charge in [0, 0.05) is 24.1 Å². The van der Waals surface area contributed by atoms with Crippen molar-refractivity contribution >= 4 is 33.3 Å². The molecule has 3 aromatic rings. The molecule has 2 aromatic carbocycles. The van der Waals surface area contributed by atoms with Crippen molar-refractivity contribution in [2.45, 2.75) is 44.9 Å². The van der Waals surface area contributed by atoms with E-state index in [4.69, 9.17) is 0 Å². The van der Waals surface area contributed by atoms with Crippen molar-refractivity contribution in [2.24, 2.45) is 0 Å². The number of nitrogens with one attached hydrogen (secondary N) is 2. The van der Waals surface area contributed by atoms with Gasteiger partial charge < -0.3 is 5.32 Å². The van der Waals surface area contributed by atoms with Crippen LogP contribution >= 0.6 is 0 Å². The van der Waals surface area contributed by atoms with E-state index >= 15 is 0 Å². The summed E-state index contributed by atoms with van der Waals surface area (Å²) in [6, 6.07) is 12.2. The zero-order chi connectivity index (χ0) is 23.0. The zero-order valence-electron chi connectivity index (χ0n) is 18.1. The zero-order valence-corrected chi connectivity index (χ0v) is 18.9. The highest BCUT2D eigenvalue weighted by Gasteiger charge is 2.28. The average Bonchev–Trinajstić information content (AvgIpc) is 3.03. The first kappa shape index (κ1) is 21.8. The number of hydrogen-bond acceptors (Lipinski definition) is 5. The molecular formula is C23H24N4O4S. The van der Waals surface area contributed by atoms with Crippen LogP contribution in [-0.2, 0) is 21.2 Å². The summed E-state index contributed by atoms with van der Waals surface area (Å²) in [6.45, 7) is 5.50. The largest absolute Gasteiger partial charge is 0.310 e. The highest BCUT2D eigenvalue weighted by Crippen LogP contribution is 2.36. The number of aryl methyl sites for hydroxylation is 3. The molecule has 0 saturated heterocycles. The first-order chi connectivity index (χ1) is 15.2. The third-order valence-corrected chi connectivity index (χ3v) is 6.91. The normalized spacial score (nSPS) is 14.0. The van der Waals surface area contributed by atoms with E-state index in [9.17, 15) is 18.0 Å². The van der Waals surface area contributed by atoms with E-state index in [1.165, 1.54) is 4.68 Å². The van der Waals surface area contributed by atoms with Crippen molar-refractivity contribution in [3.8, 4) is 11.1 Å². The molecule has 2 heterocycles. The van der Waals surface area contributed by atoms with Crippen LogP contribution in [-0.4, -0.2) is 30.0 Å². The topological polar surface area (TPSA) is 110 Å². The van der Waals surface area contributed by atoms with Crippen molar-refractivity contribution in [1.82, 2.24) is 9.78 Å². The Morgan fingerprint density at radius 1 is 1.09 bits per heavy atom. The number of aromatic nitrogens is 2. The minimum absolute atomic E-state index is 0.0665. The fraction of sp³-hybridized carbons (Fsp3) is 0.261. The Morgan fingerprint density at radius 2 is 1.88 bits per heavy atom. The molecule has 2 N–H and O–H groups in total. The van der Waals surface area contributed by atoms with Gasteiger partial charge in [0.25, 0.3) is 10.0 Å². The van der Waals surface area contributed by atoms with Crippen LogP contribution in [0.1, 0.15) is 41.4 Å². The molecule has 4 rings (SSSR count). The van der Waals surface area contributed by atoms with Crippen molar-refractivity contribution in [3.05, 3.63) is 59.3 Å². The lowest BCUT2D eigenvalue weighted by molar-refractivity contribution is -0.116. The Morgan fingerprint density at radius 3 is 2.59 bits per heavy atom. The first-order valence-corrected chi connectivity index (χ1v) is 11.8. The van der Waals surface area contributed by atoms with Crippen LogP contribution in [0.3, 0.4) is 0 Å². The van der Waals surface area contributed by atoms with Gasteiger partial charge in [-0.05, 0) is 55.2 Å². The van der Waals surface area contributed by atoms with Crippen LogP contribution in [0.25, 0.3) is 11.1 Å². The van der Waals surface area contributed by atoms with E-state index in [0.29, 0.717) is 34.5 Å². The lowest BCUT2D eigenvalue weighted by Gasteiger charge is -2.13. The second kappa shape index (κ2) is 8.23. The Balaban J connectivity index is 1.83. The fourth-order valence-corrected chi connectivity index (χ4v) is 5.12. The van der Waals surface area contributed by atoms with Gasteiger partial charge in [-0.3, -0.25) is 14.3 Å². The summed E-state index contributed by atoms with van der Waals surface area (Å²) >= 11 is 0. The maximum absolute atomic E-state index is 13.2. The number of amides is 1. The Bertz CT molecular complexity index is 1340. The van der Waals surface area contributed by atoms with E-state index in [1.807, 2.05) is 19.9 Å². The van der Waals surface area contributed by atoms with Crippen molar-refractivity contribution in [2.75, 3.05) is 10.0 Å². The highest BCUT2D eigenvalue weighted by atomic mass is 32.2. The minimum Gasteiger partial charge on any atom is -0.310 e. The summed E-state index contributed by atoms with van der Waals surface area (Å²) in [5.41, 5.74) is 3.71. The summed E-state index contributed by atoms with van der Waals surface area (Å²) < 4.78 is 30.3. The summed E-state index contributed by atoms with van der Waals surface area (Å²) in [4.78, 5) is 24.8. The Kier molecular flexibility index (Phi) is 5.60. The van der Waals surface area contributed by atoms with Gasteiger partial charge >= 0.3 is 0 Å². The number of benzene rings is 2. The maximum Gasteiger partial charge on any atom is 0.262 e. The SMILES string of the molecule is CCc1nn2c(c1-c1ccc(C)c(S(=O)(=O)Nc3cccc(C)c3)c1)NC(=O)CCC2=O. The Hall–Kier alpha value is -3.46. The van der Waals surface area contributed by atoms with Gasteiger partial charge in [0.1, 0.15) is 5.82 Å². The number of carbonyl (C=O) groups excluding carboxylic acids is 2. The van der Waals surface area contributed by atoms with E-state index in [0.717, 1.165) is 5.56 Å². The molecule has 0 radical (unpaired) electrons. The van der Waals surface area contributed by atoms with Crippen molar-refractivity contribution in [1.29, 1.82) is 0 Å². The molecule has 1 amide bonds. The highest BCUT2D eigenvalue weighted by molar-refractivity contribution is 7.92. The van der Waals surface area contributed by atoms with E-state index in [2.05, 4.69) is 15.1 Å². The average molecular weight is 453 g/mol. The van der Waals surface area contributed by atoms with Crippen molar-refractivity contribution < 1.29 is 18.0 Å². The Labute approximate surface area is 186 Å². The molecule has 0 saturated carbocycles. The van der Waals surface area contributed by atoms with Crippen LogP contribution < -0.4 is 10.0 Å². The van der Waals surface area contributed by atoms with Gasteiger partial charge in [-0.25, -0.2) is 8.42 Å². The monoisotopic (exact) mass is 452 g/mol. The standard InChI is InChI=1S/C23H24N4O4S/c1-4-18-22(23-24-20(28)10-11-21(29)27(23)25-18)16-9-8-15(3)19(13-16)32(30,31)26-17-7-5-6-14(2)12-17/h5-9,12-13,26H,4,10-11H2,1-3H3,(H,24,28). The second-order valence-electron chi connectivity index (χ2n) is 7.83. The van der Waals surface area contributed by atoms with Crippen LogP contribution in [0.15, 0.2) is 47.4 Å². The number of carbonyl (C=O) groups is 2. The third-order valence-electron chi connectivity index (χ3n) is 5.39. The van der Waals surface area contributed by atoms with E-state index < -0.39 is 10.0 Å². The molecule has 32 heavy (non-hydrogen) atoms. The number of sulfonamides is 1. The van der Waals surface area contributed by atoms with Gasteiger partial charge in [-0.15, -0.1) is 0 Å². The van der Waals surface area contributed by atoms with E-state index in [-0.39, 0.29) is 35.4 Å². The fourth-order valence-electron chi connectivity index (χ4n) is 3.79. The van der Waals surface area contributed by atoms with Gasteiger partial charge in [-0.2, -0.15) is 9.78 Å². The van der Waals surface area contributed by atoms with Crippen LogP contribution in [0.4, 0.5) is 11.5 Å². The smallest absolute Gasteiger partial charge is 0.262 e. The van der Waals surface area contributed by atoms with Gasteiger partial charge in [0.15, 0.2) is 0 Å². The summed E-state index contributed by atoms with van der Waals surface area (Å²) in [7, 11) is -3.88. The van der Waals surface area contributed by atoms with Crippen molar-refractivity contribution in [3.63, 3.8) is 0 Å². The molecule has 1 aromatic heterocycles. The summed E-state index contributed by atoms with van der Waals surface area (Å²) in [6.07, 6.45) is 0.657. The molecule has 0 spiro atoms. The number of nitrogens with zero attached hydrogens (tertiary/aromatic N) is 2. The molecule has 0 atom stereocenters. The van der Waals surface area contributed by atoms with Crippen LogP contribution in [0.5, 0.6) is 0 Å². The van der Waals surface area contributed by atoms with Crippen LogP contribution in [0.2, 0.25) is 0 Å². The lowest BCUT2D eigenvalue weighted by Crippen LogP contribution is -2.15. The number of fused-ring (bicyclic) bond motifs is 1. The molecule has 1 aliphatic rings. The summed E-state index contributed by atoms with van der Waals surface area (Å²) in [5, 5.41) is 7.17. The maximum atomic E-state index is 13.2. The predicted molar refractivity (Wildman–Crippen MR) is 122 cm³/mol. The lowest BCUT2D eigenvalue weighted by atomic mass is 10.0. The third kappa shape index (κ3) is 4.03. The molecule has 1 aliphatic heterocycles. The number of rotatable bonds is 5. The molecule has 0 bridgehead atoms. The molecule has 166 valence electrons. The second-order valence-corrected chi connectivity index (χ2v) is 9.48. The number of hydrogen-bond donors (Lipinski definition) is 2. The first-order valence-electron chi connectivity index (χ1n) is 10.3. The van der Waals surface area contributed by atoms with E-state index in [1.54, 1.807) is 43.3 Å². The molecule has 0 aliphatic carbocycles. The van der Waals surface area contributed by atoms with Gasteiger partial charge in [0.2, 0.25) is 11.8 Å². The molecule has 8 nitrogen and oxygen atoms in total. The predicted octanol–water partition coefficient (Wildman–Crippen LogP) is 3.90. The molecule has 9 heteroatoms. The van der Waals surface area contributed by atoms with Gasteiger partial charge in [0.05, 0.1) is 10.6 Å². The number of anilines is 2. The van der Waals surface area contributed by atoms with Gasteiger partial charge in [-0.1, -0.05) is 31.2 Å². The molecule has 0 fully saturated rings. The molecule has 0 unspecified atom stereocenters. The molecular weight excluding hydrogens is 428 g/mol. The summed E-state index contributed by atoms with van der Waals surface area (Å²) in [5.74, 6) is -0.268.